The van der Waals surface area contributed by atoms with E-state index in [2.05, 4.69) is 19.9 Å². The van der Waals surface area contributed by atoms with Gasteiger partial charge in [0.15, 0.2) is 0 Å². The largest absolute Gasteiger partial charge is 0.381 e. The van der Waals surface area contributed by atoms with Crippen LogP contribution in [-0.2, 0) is 4.74 Å². The van der Waals surface area contributed by atoms with Gasteiger partial charge in [-0.25, -0.2) is 0 Å². The first-order valence-electron chi connectivity index (χ1n) is 6.65. The average molecular weight is 221 g/mol. The molecule has 0 aromatic heterocycles. The first-order valence-corrected chi connectivity index (χ1v) is 6.65. The Morgan fingerprint density at radius 1 is 1.44 bits per heavy atom. The van der Waals surface area contributed by atoms with Gasteiger partial charge in [-0.2, -0.15) is 5.26 Å². The minimum atomic E-state index is -0.0279. The molecule has 2 nitrogen and oxygen atoms in total. The van der Waals surface area contributed by atoms with Gasteiger partial charge in [-0.3, -0.25) is 0 Å². The maximum Gasteiger partial charge on any atom is 0.0693 e. The highest BCUT2D eigenvalue weighted by atomic mass is 16.5. The summed E-state index contributed by atoms with van der Waals surface area (Å²) in [4.78, 5) is 0. The van der Waals surface area contributed by atoms with E-state index in [1.54, 1.807) is 0 Å². The Bertz CT molecular complexity index is 281. The topological polar surface area (TPSA) is 33.0 Å². The molecule has 90 valence electrons. The number of rotatable bonds is 5. The van der Waals surface area contributed by atoms with Gasteiger partial charge in [0.05, 0.1) is 11.5 Å². The quantitative estimate of drug-likeness (QED) is 0.667. The summed E-state index contributed by atoms with van der Waals surface area (Å²) in [5.41, 5.74) is -0.0279. The molecule has 0 radical (unpaired) electrons. The number of nitriles is 1. The predicted octanol–water partition coefficient (Wildman–Crippen LogP) is 3.38. The smallest absolute Gasteiger partial charge is 0.0693 e. The van der Waals surface area contributed by atoms with Crippen molar-refractivity contribution in [1.29, 1.82) is 5.26 Å². The SMILES string of the molecule is CC(C)COCCC1(C#N)CC2CCC1C2. The van der Waals surface area contributed by atoms with Crippen LogP contribution < -0.4 is 0 Å². The van der Waals surface area contributed by atoms with E-state index in [0.717, 1.165) is 32.0 Å². The molecule has 2 bridgehead atoms. The van der Waals surface area contributed by atoms with Crippen molar-refractivity contribution in [1.82, 2.24) is 0 Å². The van der Waals surface area contributed by atoms with Crippen LogP contribution in [0.2, 0.25) is 0 Å². The van der Waals surface area contributed by atoms with Crippen LogP contribution in [0.4, 0.5) is 0 Å². The Morgan fingerprint density at radius 3 is 2.75 bits per heavy atom. The highest BCUT2D eigenvalue weighted by Crippen LogP contribution is 2.57. The molecule has 0 N–H and O–H groups in total. The Labute approximate surface area is 99.0 Å². The lowest BCUT2D eigenvalue weighted by atomic mass is 9.72. The Hall–Kier alpha value is -0.550. The van der Waals surface area contributed by atoms with Crippen LogP contribution in [0.3, 0.4) is 0 Å². The number of hydrogen-bond donors (Lipinski definition) is 0. The highest BCUT2D eigenvalue weighted by molar-refractivity contribution is 5.11. The maximum atomic E-state index is 9.44. The molecule has 16 heavy (non-hydrogen) atoms. The van der Waals surface area contributed by atoms with Crippen LogP contribution in [0.1, 0.15) is 46.0 Å². The van der Waals surface area contributed by atoms with Crippen molar-refractivity contribution in [2.75, 3.05) is 13.2 Å². The molecule has 0 aromatic rings. The molecule has 0 spiro atoms. The van der Waals surface area contributed by atoms with Gasteiger partial charge in [0.2, 0.25) is 0 Å². The fourth-order valence-corrected chi connectivity index (χ4v) is 3.52. The second kappa shape index (κ2) is 4.75. The van der Waals surface area contributed by atoms with Crippen LogP contribution in [0.5, 0.6) is 0 Å². The van der Waals surface area contributed by atoms with Gasteiger partial charge in [0, 0.05) is 13.2 Å². The molecule has 2 heteroatoms. The van der Waals surface area contributed by atoms with Gasteiger partial charge in [-0.15, -0.1) is 0 Å². The molecular formula is C14H23NO. The summed E-state index contributed by atoms with van der Waals surface area (Å²) in [6, 6.07) is 2.62. The molecule has 2 fully saturated rings. The van der Waals surface area contributed by atoms with Crippen molar-refractivity contribution in [3.8, 4) is 6.07 Å². The zero-order chi connectivity index (χ0) is 11.6. The zero-order valence-electron chi connectivity index (χ0n) is 10.5. The minimum absolute atomic E-state index is 0.0279. The summed E-state index contributed by atoms with van der Waals surface area (Å²) >= 11 is 0. The number of fused-ring (bicyclic) bond motifs is 2. The van der Waals surface area contributed by atoms with Crippen LogP contribution in [-0.4, -0.2) is 13.2 Å². The second-order valence-corrected chi connectivity index (χ2v) is 6.07. The van der Waals surface area contributed by atoms with Crippen molar-refractivity contribution in [3.63, 3.8) is 0 Å². The number of nitrogens with zero attached hydrogens (tertiary/aromatic N) is 1. The molecule has 3 atom stereocenters. The molecule has 0 amide bonds. The molecule has 2 rings (SSSR count). The fourth-order valence-electron chi connectivity index (χ4n) is 3.52. The maximum absolute atomic E-state index is 9.44. The van der Waals surface area contributed by atoms with Gasteiger partial charge in [-0.1, -0.05) is 20.3 Å². The van der Waals surface area contributed by atoms with E-state index >= 15 is 0 Å². The van der Waals surface area contributed by atoms with Gasteiger partial charge in [-0.05, 0) is 43.4 Å². The summed E-state index contributed by atoms with van der Waals surface area (Å²) in [5.74, 6) is 2.11. The van der Waals surface area contributed by atoms with Gasteiger partial charge in [0.1, 0.15) is 0 Å². The summed E-state index contributed by atoms with van der Waals surface area (Å²) < 4.78 is 5.64. The van der Waals surface area contributed by atoms with Crippen LogP contribution >= 0.6 is 0 Å². The van der Waals surface area contributed by atoms with Gasteiger partial charge in [0.25, 0.3) is 0 Å². The summed E-state index contributed by atoms with van der Waals surface area (Å²) in [7, 11) is 0. The van der Waals surface area contributed by atoms with Gasteiger partial charge < -0.3 is 4.74 Å². The third-order valence-electron chi connectivity index (χ3n) is 4.34. The zero-order valence-corrected chi connectivity index (χ0v) is 10.5. The molecule has 0 aromatic carbocycles. The van der Waals surface area contributed by atoms with Crippen LogP contribution in [0.15, 0.2) is 0 Å². The van der Waals surface area contributed by atoms with Crippen molar-refractivity contribution in [2.24, 2.45) is 23.2 Å². The molecule has 2 aliphatic carbocycles. The van der Waals surface area contributed by atoms with E-state index in [0.29, 0.717) is 11.8 Å². The Balaban J connectivity index is 1.81. The molecule has 0 aliphatic heterocycles. The van der Waals surface area contributed by atoms with Gasteiger partial charge >= 0.3 is 0 Å². The Morgan fingerprint density at radius 2 is 2.25 bits per heavy atom. The number of hydrogen-bond acceptors (Lipinski definition) is 2. The third-order valence-corrected chi connectivity index (χ3v) is 4.34. The van der Waals surface area contributed by atoms with Crippen molar-refractivity contribution >= 4 is 0 Å². The summed E-state index contributed by atoms with van der Waals surface area (Å²) in [5, 5.41) is 9.44. The van der Waals surface area contributed by atoms with Crippen molar-refractivity contribution < 1.29 is 4.74 Å². The van der Waals surface area contributed by atoms with E-state index in [9.17, 15) is 5.26 Å². The van der Waals surface area contributed by atoms with Crippen molar-refractivity contribution in [2.45, 2.75) is 46.0 Å². The first-order chi connectivity index (χ1) is 7.66. The van der Waals surface area contributed by atoms with Crippen LogP contribution in [0, 0.1) is 34.5 Å². The molecule has 3 unspecified atom stereocenters. The van der Waals surface area contributed by atoms with Crippen LogP contribution in [0.25, 0.3) is 0 Å². The van der Waals surface area contributed by atoms with Crippen molar-refractivity contribution in [3.05, 3.63) is 0 Å². The highest BCUT2D eigenvalue weighted by Gasteiger charge is 2.50. The average Bonchev–Trinajstić information content (AvgIpc) is 2.84. The normalized spacial score (nSPS) is 36.9. The monoisotopic (exact) mass is 221 g/mol. The second-order valence-electron chi connectivity index (χ2n) is 6.07. The lowest BCUT2D eigenvalue weighted by Crippen LogP contribution is -2.27. The molecule has 0 saturated heterocycles. The predicted molar refractivity (Wildman–Crippen MR) is 63.8 cm³/mol. The standard InChI is InChI=1S/C14H23NO/c1-11(2)9-16-6-5-14(10-15)8-12-3-4-13(14)7-12/h11-13H,3-9H2,1-2H3. The molecule has 2 saturated carbocycles. The molecular weight excluding hydrogens is 198 g/mol. The Kier molecular flexibility index (Phi) is 3.54. The third kappa shape index (κ3) is 2.25. The minimum Gasteiger partial charge on any atom is -0.381 e. The van der Waals surface area contributed by atoms with E-state index in [-0.39, 0.29) is 5.41 Å². The molecule has 2 aliphatic rings. The first kappa shape index (κ1) is 11.9. The lowest BCUT2D eigenvalue weighted by Gasteiger charge is -2.30. The lowest BCUT2D eigenvalue weighted by molar-refractivity contribution is 0.0744. The fraction of sp³-hybridized carbons (Fsp3) is 0.929. The molecule has 0 heterocycles. The number of ether oxygens (including phenoxy) is 1. The van der Waals surface area contributed by atoms with E-state index in [1.807, 2.05) is 0 Å². The van der Waals surface area contributed by atoms with E-state index in [4.69, 9.17) is 4.74 Å². The summed E-state index contributed by atoms with van der Waals surface area (Å²) in [6.07, 6.45) is 6.04. The van der Waals surface area contributed by atoms with E-state index < -0.39 is 0 Å². The summed E-state index contributed by atoms with van der Waals surface area (Å²) in [6.45, 7) is 5.93. The van der Waals surface area contributed by atoms with E-state index in [1.165, 1.54) is 19.3 Å².